The number of benzene rings is 1. The lowest BCUT2D eigenvalue weighted by molar-refractivity contribution is -0.146. The van der Waals surface area contributed by atoms with E-state index in [0.29, 0.717) is 6.42 Å². The molecule has 0 amide bonds. The third-order valence-corrected chi connectivity index (χ3v) is 2.16. The molecule has 0 saturated carbocycles. The molecule has 0 radical (unpaired) electrons. The van der Waals surface area contributed by atoms with E-state index < -0.39 is 0 Å². The van der Waals surface area contributed by atoms with Gasteiger partial charge in [-0.1, -0.05) is 28.1 Å². The van der Waals surface area contributed by atoms with Gasteiger partial charge in [0.05, 0.1) is 12.5 Å². The van der Waals surface area contributed by atoms with Crippen molar-refractivity contribution in [3.63, 3.8) is 0 Å². The minimum atomic E-state index is -0.178. The summed E-state index contributed by atoms with van der Waals surface area (Å²) in [6.45, 7) is 3.69. The van der Waals surface area contributed by atoms with Crippen molar-refractivity contribution in [3.8, 4) is 0 Å². The third kappa shape index (κ3) is 3.92. The Labute approximate surface area is 92.4 Å². The maximum absolute atomic E-state index is 11.3. The lowest BCUT2D eigenvalue weighted by Gasteiger charge is -2.07. The number of carbonyl (C=O) groups excluding carboxylic acids is 1. The highest BCUT2D eigenvalue weighted by Crippen LogP contribution is 2.11. The predicted molar refractivity (Wildman–Crippen MR) is 59.1 cm³/mol. The van der Waals surface area contributed by atoms with E-state index in [0.717, 1.165) is 10.0 Å². The molecular weight excluding hydrogens is 244 g/mol. The van der Waals surface area contributed by atoms with Gasteiger partial charge in [-0.3, -0.25) is 4.79 Å². The second-order valence-electron chi connectivity index (χ2n) is 3.34. The van der Waals surface area contributed by atoms with E-state index in [9.17, 15) is 4.79 Å². The normalized spacial score (nSPS) is 10.3. The highest BCUT2D eigenvalue weighted by Gasteiger charge is 2.06. The van der Waals surface area contributed by atoms with Gasteiger partial charge < -0.3 is 4.74 Å². The van der Waals surface area contributed by atoms with Crippen LogP contribution in [0.4, 0.5) is 0 Å². The highest BCUT2D eigenvalue weighted by atomic mass is 79.9. The number of carbonyl (C=O) groups is 1. The minimum absolute atomic E-state index is 0.0436. The van der Waals surface area contributed by atoms with Gasteiger partial charge in [-0.05, 0) is 31.5 Å². The van der Waals surface area contributed by atoms with Gasteiger partial charge in [-0.15, -0.1) is 0 Å². The molecular formula is C11H13BrO2. The highest BCUT2D eigenvalue weighted by molar-refractivity contribution is 9.10. The minimum Gasteiger partial charge on any atom is -0.463 e. The van der Waals surface area contributed by atoms with Crippen LogP contribution in [0.25, 0.3) is 0 Å². The van der Waals surface area contributed by atoms with Crippen molar-refractivity contribution >= 4 is 21.9 Å². The molecule has 1 aromatic rings. The molecule has 0 atom stereocenters. The fraction of sp³-hybridized carbons (Fsp3) is 0.364. The van der Waals surface area contributed by atoms with Gasteiger partial charge in [0.15, 0.2) is 0 Å². The first kappa shape index (κ1) is 11.2. The summed E-state index contributed by atoms with van der Waals surface area (Å²) in [5.41, 5.74) is 0.971. The molecule has 0 fully saturated rings. The van der Waals surface area contributed by atoms with Crippen molar-refractivity contribution in [2.75, 3.05) is 0 Å². The topological polar surface area (TPSA) is 26.3 Å². The number of halogens is 1. The Balaban J connectivity index is 2.52. The predicted octanol–water partition coefficient (Wildman–Crippen LogP) is 2.94. The maximum atomic E-state index is 11.3. The second kappa shape index (κ2) is 5.15. The largest absolute Gasteiger partial charge is 0.463 e. The van der Waals surface area contributed by atoms with Crippen molar-refractivity contribution in [1.29, 1.82) is 0 Å². The van der Waals surface area contributed by atoms with Crippen LogP contribution < -0.4 is 0 Å². The quantitative estimate of drug-likeness (QED) is 0.778. The molecule has 0 bridgehead atoms. The van der Waals surface area contributed by atoms with Gasteiger partial charge in [0, 0.05) is 4.47 Å². The van der Waals surface area contributed by atoms with Crippen LogP contribution in [-0.2, 0) is 16.0 Å². The molecule has 1 rings (SSSR count). The first-order valence-corrected chi connectivity index (χ1v) is 5.31. The number of esters is 1. The van der Waals surface area contributed by atoms with Crippen molar-refractivity contribution in [2.45, 2.75) is 26.4 Å². The fourth-order valence-corrected chi connectivity index (χ4v) is 1.34. The van der Waals surface area contributed by atoms with Gasteiger partial charge in [0.2, 0.25) is 0 Å². The lowest BCUT2D eigenvalue weighted by Crippen LogP contribution is -2.13. The van der Waals surface area contributed by atoms with E-state index in [4.69, 9.17) is 4.74 Å². The summed E-state index contributed by atoms with van der Waals surface area (Å²) in [4.78, 5) is 11.3. The number of ether oxygens (including phenoxy) is 1. The lowest BCUT2D eigenvalue weighted by atomic mass is 10.1. The first-order valence-electron chi connectivity index (χ1n) is 4.52. The number of hydrogen-bond donors (Lipinski definition) is 0. The molecule has 14 heavy (non-hydrogen) atoms. The van der Waals surface area contributed by atoms with Gasteiger partial charge in [0.25, 0.3) is 0 Å². The van der Waals surface area contributed by atoms with Crippen molar-refractivity contribution in [2.24, 2.45) is 0 Å². The average molecular weight is 257 g/mol. The van der Waals surface area contributed by atoms with Crippen LogP contribution in [-0.4, -0.2) is 12.1 Å². The Hall–Kier alpha value is -0.830. The molecule has 0 unspecified atom stereocenters. The van der Waals surface area contributed by atoms with E-state index in [2.05, 4.69) is 15.9 Å². The molecule has 0 aliphatic heterocycles. The number of hydrogen-bond acceptors (Lipinski definition) is 2. The smallest absolute Gasteiger partial charge is 0.310 e. The van der Waals surface area contributed by atoms with Crippen LogP contribution in [0.5, 0.6) is 0 Å². The molecule has 3 heteroatoms. The van der Waals surface area contributed by atoms with E-state index in [1.54, 1.807) is 0 Å². The van der Waals surface area contributed by atoms with Crippen LogP contribution in [0.3, 0.4) is 0 Å². The average Bonchev–Trinajstić information content (AvgIpc) is 2.07. The fourth-order valence-electron chi connectivity index (χ4n) is 1.07. The molecule has 0 saturated heterocycles. The molecule has 2 nitrogen and oxygen atoms in total. The Kier molecular flexibility index (Phi) is 4.14. The summed E-state index contributed by atoms with van der Waals surface area (Å²) in [5.74, 6) is -0.178. The Bertz CT molecular complexity index is 304. The standard InChI is InChI=1S/C11H13BrO2/c1-8(2)14-11(13)7-9-3-5-10(12)6-4-9/h3-6,8H,7H2,1-2H3. The van der Waals surface area contributed by atoms with Crippen LogP contribution in [0.1, 0.15) is 19.4 Å². The molecule has 76 valence electrons. The van der Waals surface area contributed by atoms with E-state index in [1.807, 2.05) is 38.1 Å². The van der Waals surface area contributed by atoms with Gasteiger partial charge in [-0.2, -0.15) is 0 Å². The Morgan fingerprint density at radius 3 is 2.43 bits per heavy atom. The second-order valence-corrected chi connectivity index (χ2v) is 4.26. The third-order valence-electron chi connectivity index (χ3n) is 1.63. The molecule has 0 aromatic heterocycles. The molecule has 1 aromatic carbocycles. The summed E-state index contributed by atoms with van der Waals surface area (Å²) in [7, 11) is 0. The zero-order valence-corrected chi connectivity index (χ0v) is 9.87. The SMILES string of the molecule is CC(C)OC(=O)Cc1ccc(Br)cc1. The summed E-state index contributed by atoms with van der Waals surface area (Å²) < 4.78 is 6.05. The molecule has 0 spiro atoms. The van der Waals surface area contributed by atoms with Gasteiger partial charge in [0.1, 0.15) is 0 Å². The first-order chi connectivity index (χ1) is 6.58. The maximum Gasteiger partial charge on any atom is 0.310 e. The van der Waals surface area contributed by atoms with Crippen LogP contribution in [0, 0.1) is 0 Å². The van der Waals surface area contributed by atoms with Crippen molar-refractivity contribution in [1.82, 2.24) is 0 Å². The summed E-state index contributed by atoms with van der Waals surface area (Å²) in [5, 5.41) is 0. The molecule has 0 aliphatic carbocycles. The Morgan fingerprint density at radius 2 is 1.93 bits per heavy atom. The van der Waals surface area contributed by atoms with Crippen LogP contribution in [0.15, 0.2) is 28.7 Å². The van der Waals surface area contributed by atoms with Crippen molar-refractivity contribution < 1.29 is 9.53 Å². The van der Waals surface area contributed by atoms with Crippen LogP contribution >= 0.6 is 15.9 Å². The van der Waals surface area contributed by atoms with Crippen molar-refractivity contribution in [3.05, 3.63) is 34.3 Å². The molecule has 0 heterocycles. The molecule has 0 N–H and O–H groups in total. The summed E-state index contributed by atoms with van der Waals surface area (Å²) >= 11 is 3.34. The number of rotatable bonds is 3. The molecule has 0 aliphatic rings. The summed E-state index contributed by atoms with van der Waals surface area (Å²) in [6.07, 6.45) is 0.295. The monoisotopic (exact) mass is 256 g/mol. The van der Waals surface area contributed by atoms with E-state index >= 15 is 0 Å². The van der Waals surface area contributed by atoms with Gasteiger partial charge in [-0.25, -0.2) is 0 Å². The van der Waals surface area contributed by atoms with E-state index in [1.165, 1.54) is 0 Å². The zero-order valence-electron chi connectivity index (χ0n) is 8.29. The zero-order chi connectivity index (χ0) is 10.6. The Morgan fingerprint density at radius 1 is 1.36 bits per heavy atom. The van der Waals surface area contributed by atoms with Crippen LogP contribution in [0.2, 0.25) is 0 Å². The van der Waals surface area contributed by atoms with E-state index in [-0.39, 0.29) is 12.1 Å². The summed E-state index contributed by atoms with van der Waals surface area (Å²) in [6, 6.07) is 7.65. The van der Waals surface area contributed by atoms with Gasteiger partial charge >= 0.3 is 5.97 Å².